The summed E-state index contributed by atoms with van der Waals surface area (Å²) in [6, 6.07) is 5.14. The Bertz CT molecular complexity index is 596. The summed E-state index contributed by atoms with van der Waals surface area (Å²) in [6.45, 7) is 5.77. The van der Waals surface area contributed by atoms with Crippen LogP contribution in [0.15, 0.2) is 24.4 Å². The molecule has 0 saturated heterocycles. The van der Waals surface area contributed by atoms with Crippen molar-refractivity contribution in [2.45, 2.75) is 26.8 Å². The largest absolute Gasteiger partial charge is 0.313 e. The van der Waals surface area contributed by atoms with E-state index in [1.54, 1.807) is 19.1 Å². The molecule has 19 heavy (non-hydrogen) atoms. The van der Waals surface area contributed by atoms with Crippen LogP contribution in [0, 0.1) is 19.7 Å². The summed E-state index contributed by atoms with van der Waals surface area (Å²) < 4.78 is 13.3. The third kappa shape index (κ3) is 2.79. The van der Waals surface area contributed by atoms with Gasteiger partial charge in [0.15, 0.2) is 5.82 Å². The van der Waals surface area contributed by atoms with Crippen LogP contribution >= 0.6 is 0 Å². The molecule has 2 rings (SSSR count). The fourth-order valence-corrected chi connectivity index (χ4v) is 1.98. The zero-order valence-corrected chi connectivity index (χ0v) is 11.7. The molecule has 1 aromatic carbocycles. The van der Waals surface area contributed by atoms with Gasteiger partial charge < -0.3 is 5.32 Å². The van der Waals surface area contributed by atoms with Crippen LogP contribution < -0.4 is 5.32 Å². The number of nitrogens with one attached hydrogen (secondary N) is 1. The number of benzene rings is 1. The molecule has 0 aliphatic carbocycles. The van der Waals surface area contributed by atoms with Gasteiger partial charge in [-0.15, -0.1) is 0 Å². The smallest absolute Gasteiger partial charge is 0.159 e. The van der Waals surface area contributed by atoms with E-state index in [0.717, 1.165) is 16.8 Å². The standard InChI is InChI=1S/C15H18FN3/c1-9-7-12(5-6-14(9)16)15-18-8-13(10(2)17-4)11(3)19-15/h5-8,10,17H,1-4H3. The van der Waals surface area contributed by atoms with E-state index < -0.39 is 0 Å². The zero-order valence-electron chi connectivity index (χ0n) is 11.7. The molecule has 0 amide bonds. The topological polar surface area (TPSA) is 37.8 Å². The molecule has 0 spiro atoms. The van der Waals surface area contributed by atoms with Gasteiger partial charge in [-0.3, -0.25) is 0 Å². The van der Waals surface area contributed by atoms with Gasteiger partial charge in [0, 0.05) is 29.1 Å². The maximum Gasteiger partial charge on any atom is 0.159 e. The monoisotopic (exact) mass is 259 g/mol. The average Bonchev–Trinajstić information content (AvgIpc) is 2.41. The third-order valence-electron chi connectivity index (χ3n) is 3.33. The fourth-order valence-electron chi connectivity index (χ4n) is 1.98. The van der Waals surface area contributed by atoms with Crippen molar-refractivity contribution in [1.82, 2.24) is 15.3 Å². The van der Waals surface area contributed by atoms with E-state index in [9.17, 15) is 4.39 Å². The zero-order chi connectivity index (χ0) is 14.0. The van der Waals surface area contributed by atoms with Crippen LogP contribution in [0.5, 0.6) is 0 Å². The number of nitrogens with zero attached hydrogens (tertiary/aromatic N) is 2. The highest BCUT2D eigenvalue weighted by Gasteiger charge is 2.10. The van der Waals surface area contributed by atoms with Gasteiger partial charge in [0.2, 0.25) is 0 Å². The predicted molar refractivity (Wildman–Crippen MR) is 74.4 cm³/mol. The molecular formula is C15H18FN3. The number of hydrogen-bond acceptors (Lipinski definition) is 3. The molecule has 1 heterocycles. The van der Waals surface area contributed by atoms with Crippen molar-refractivity contribution in [3.8, 4) is 11.4 Å². The van der Waals surface area contributed by atoms with Gasteiger partial charge in [-0.2, -0.15) is 0 Å². The maximum absolute atomic E-state index is 13.3. The van der Waals surface area contributed by atoms with Crippen LogP contribution in [0.2, 0.25) is 0 Å². The molecule has 0 saturated carbocycles. The first-order chi connectivity index (χ1) is 9.02. The quantitative estimate of drug-likeness (QED) is 0.920. The Morgan fingerprint density at radius 1 is 1.26 bits per heavy atom. The van der Waals surface area contributed by atoms with Crippen molar-refractivity contribution in [1.29, 1.82) is 0 Å². The summed E-state index contributed by atoms with van der Waals surface area (Å²) in [7, 11) is 1.90. The van der Waals surface area contributed by atoms with Gasteiger partial charge in [0.05, 0.1) is 0 Å². The minimum absolute atomic E-state index is 0.208. The van der Waals surface area contributed by atoms with Crippen molar-refractivity contribution >= 4 is 0 Å². The van der Waals surface area contributed by atoms with Crippen LogP contribution in [0.3, 0.4) is 0 Å². The molecule has 0 bridgehead atoms. The number of rotatable bonds is 3. The highest BCUT2D eigenvalue weighted by Crippen LogP contribution is 2.21. The van der Waals surface area contributed by atoms with Crippen LogP contribution in [-0.4, -0.2) is 17.0 Å². The molecule has 1 unspecified atom stereocenters. The van der Waals surface area contributed by atoms with Crippen LogP contribution in [0.1, 0.15) is 29.8 Å². The molecule has 100 valence electrons. The Hall–Kier alpha value is -1.81. The second-order valence-electron chi connectivity index (χ2n) is 4.71. The lowest BCUT2D eigenvalue weighted by Gasteiger charge is -2.13. The summed E-state index contributed by atoms with van der Waals surface area (Å²) in [5.74, 6) is 0.425. The Labute approximate surface area is 112 Å². The van der Waals surface area contributed by atoms with Crippen molar-refractivity contribution in [3.63, 3.8) is 0 Å². The SMILES string of the molecule is CNC(C)c1cnc(-c2ccc(F)c(C)c2)nc1C. The molecule has 1 N–H and O–H groups in total. The predicted octanol–water partition coefficient (Wildman–Crippen LogP) is 3.18. The molecule has 4 heteroatoms. The minimum Gasteiger partial charge on any atom is -0.313 e. The molecule has 3 nitrogen and oxygen atoms in total. The average molecular weight is 259 g/mol. The van der Waals surface area contributed by atoms with Crippen molar-refractivity contribution in [2.24, 2.45) is 0 Å². The van der Waals surface area contributed by atoms with E-state index in [1.165, 1.54) is 6.07 Å². The summed E-state index contributed by atoms with van der Waals surface area (Å²) >= 11 is 0. The molecule has 1 aromatic heterocycles. The Morgan fingerprint density at radius 2 is 2.00 bits per heavy atom. The second-order valence-corrected chi connectivity index (χ2v) is 4.71. The lowest BCUT2D eigenvalue weighted by atomic mass is 10.1. The summed E-state index contributed by atoms with van der Waals surface area (Å²) in [4.78, 5) is 8.89. The normalized spacial score (nSPS) is 12.5. The van der Waals surface area contributed by atoms with Gasteiger partial charge >= 0.3 is 0 Å². The van der Waals surface area contributed by atoms with Crippen molar-refractivity contribution in [3.05, 3.63) is 47.0 Å². The van der Waals surface area contributed by atoms with E-state index in [2.05, 4.69) is 22.2 Å². The summed E-state index contributed by atoms with van der Waals surface area (Å²) in [6.07, 6.45) is 1.83. The first kappa shape index (κ1) is 13.6. The summed E-state index contributed by atoms with van der Waals surface area (Å²) in [5.41, 5.74) is 3.45. The minimum atomic E-state index is -0.208. The molecule has 1 atom stereocenters. The maximum atomic E-state index is 13.3. The highest BCUT2D eigenvalue weighted by atomic mass is 19.1. The molecule has 0 fully saturated rings. The molecule has 0 radical (unpaired) electrons. The second kappa shape index (κ2) is 5.45. The Kier molecular flexibility index (Phi) is 3.90. The van der Waals surface area contributed by atoms with E-state index >= 15 is 0 Å². The van der Waals surface area contributed by atoms with E-state index in [1.807, 2.05) is 20.2 Å². The highest BCUT2D eigenvalue weighted by molar-refractivity contribution is 5.56. The summed E-state index contributed by atoms with van der Waals surface area (Å²) in [5, 5.41) is 3.17. The van der Waals surface area contributed by atoms with Gasteiger partial charge in [0.1, 0.15) is 5.82 Å². The van der Waals surface area contributed by atoms with Gasteiger partial charge in [-0.05, 0) is 51.6 Å². The molecule has 0 aliphatic rings. The number of aromatic nitrogens is 2. The van der Waals surface area contributed by atoms with Gasteiger partial charge in [-0.1, -0.05) is 0 Å². The van der Waals surface area contributed by atoms with E-state index in [-0.39, 0.29) is 11.9 Å². The number of aryl methyl sites for hydroxylation is 2. The van der Waals surface area contributed by atoms with Crippen LogP contribution in [-0.2, 0) is 0 Å². The lowest BCUT2D eigenvalue weighted by Crippen LogP contribution is -2.14. The van der Waals surface area contributed by atoms with E-state index in [4.69, 9.17) is 0 Å². The molecular weight excluding hydrogens is 241 g/mol. The van der Waals surface area contributed by atoms with Gasteiger partial charge in [0.25, 0.3) is 0 Å². The first-order valence-corrected chi connectivity index (χ1v) is 6.30. The van der Waals surface area contributed by atoms with Crippen LogP contribution in [0.25, 0.3) is 11.4 Å². The number of halogens is 1. The van der Waals surface area contributed by atoms with Crippen molar-refractivity contribution < 1.29 is 4.39 Å². The fraction of sp³-hybridized carbons (Fsp3) is 0.333. The number of hydrogen-bond donors (Lipinski definition) is 1. The van der Waals surface area contributed by atoms with Gasteiger partial charge in [-0.25, -0.2) is 14.4 Å². The van der Waals surface area contributed by atoms with Crippen LogP contribution in [0.4, 0.5) is 4.39 Å². The Morgan fingerprint density at radius 3 is 2.58 bits per heavy atom. The first-order valence-electron chi connectivity index (χ1n) is 6.30. The third-order valence-corrected chi connectivity index (χ3v) is 3.33. The van der Waals surface area contributed by atoms with Crippen molar-refractivity contribution in [2.75, 3.05) is 7.05 Å². The molecule has 2 aromatic rings. The van der Waals surface area contributed by atoms with E-state index in [0.29, 0.717) is 11.4 Å². The lowest BCUT2D eigenvalue weighted by molar-refractivity contribution is 0.618. The molecule has 0 aliphatic heterocycles. The Balaban J connectivity index is 2.41.